The Balaban J connectivity index is 2.20. The molecular formula is C39H69NO12. The van der Waals surface area contributed by atoms with Crippen LogP contribution in [0.3, 0.4) is 0 Å². The molecule has 2 N–H and O–H groups in total. The van der Waals surface area contributed by atoms with Crippen molar-refractivity contribution in [1.29, 1.82) is 0 Å². The van der Waals surface area contributed by atoms with E-state index in [4.69, 9.17) is 33.2 Å². The molecule has 13 nitrogen and oxygen atoms in total. The zero-order chi connectivity index (χ0) is 39.5. The van der Waals surface area contributed by atoms with E-state index >= 15 is 0 Å². The van der Waals surface area contributed by atoms with Crippen LogP contribution in [-0.4, -0.2) is 127 Å². The monoisotopic (exact) mass is 743 g/mol. The first-order valence-corrected chi connectivity index (χ1v) is 19.2. The number of hydrogen-bond acceptors (Lipinski definition) is 13. The molecule has 0 spiro atoms. The van der Waals surface area contributed by atoms with E-state index in [2.05, 4.69) is 0 Å². The van der Waals surface area contributed by atoms with Crippen LogP contribution in [0.4, 0.5) is 0 Å². The van der Waals surface area contributed by atoms with Gasteiger partial charge in [-0.3, -0.25) is 14.4 Å². The number of cyclic esters (lactones) is 1. The summed E-state index contributed by atoms with van der Waals surface area (Å²) in [6.07, 6.45) is -5.09. The lowest BCUT2D eigenvalue weighted by molar-refractivity contribution is -0.311. The number of esters is 2. The number of carbonyl (C=O) groups excluding carboxylic acids is 3. The third-order valence-corrected chi connectivity index (χ3v) is 11.8. The van der Waals surface area contributed by atoms with Crippen LogP contribution < -0.4 is 0 Å². The third kappa shape index (κ3) is 10.7. The predicted octanol–water partition coefficient (Wildman–Crippen LogP) is 4.27. The maximum absolute atomic E-state index is 14.1. The SMILES string of the molecule is CC[C@@H]1OC(=O)[C@H](C)[C@@H](O[C@H]2C[C@@](C)(OC)C[C@H](C)O2)[C@@H](C)[C@@H](O[C@@H]2O[C@H](C)C[C@H](N(C)C)[C@H]2OC(C)=O)[C@](C)(O)C[C@@H](C)C(=O)[C@@H](C)[C@@H](O)[C@H]1C. The number of ether oxygens (including phenoxy) is 7. The van der Waals surface area contributed by atoms with E-state index in [-0.39, 0.29) is 30.5 Å². The second-order valence-electron chi connectivity index (χ2n) is 16.8. The Morgan fingerprint density at radius 2 is 1.54 bits per heavy atom. The highest BCUT2D eigenvalue weighted by Crippen LogP contribution is 2.40. The summed E-state index contributed by atoms with van der Waals surface area (Å²) in [7, 11) is 5.43. The van der Waals surface area contributed by atoms with Gasteiger partial charge in [0, 0.05) is 50.5 Å². The van der Waals surface area contributed by atoms with Crippen LogP contribution in [0.25, 0.3) is 0 Å². The molecule has 3 aliphatic rings. The molecule has 52 heavy (non-hydrogen) atoms. The molecule has 0 bridgehead atoms. The zero-order valence-electron chi connectivity index (χ0n) is 34.1. The summed E-state index contributed by atoms with van der Waals surface area (Å²) < 4.78 is 44.0. The number of aliphatic hydroxyl groups excluding tert-OH is 1. The van der Waals surface area contributed by atoms with E-state index in [9.17, 15) is 24.6 Å². The van der Waals surface area contributed by atoms with Crippen LogP contribution in [0.15, 0.2) is 0 Å². The molecule has 3 rings (SSSR count). The zero-order valence-corrected chi connectivity index (χ0v) is 34.1. The van der Waals surface area contributed by atoms with Gasteiger partial charge in [-0.05, 0) is 68.0 Å². The maximum Gasteiger partial charge on any atom is 0.311 e. The maximum atomic E-state index is 14.1. The van der Waals surface area contributed by atoms with Crippen molar-refractivity contribution in [3.05, 3.63) is 0 Å². The molecular weight excluding hydrogens is 674 g/mol. The molecule has 0 aromatic rings. The molecule has 0 aliphatic carbocycles. The van der Waals surface area contributed by atoms with Crippen LogP contribution in [0.5, 0.6) is 0 Å². The number of Topliss-reactive ketones (excluding diaryl/α,β-unsaturated/α-hetero) is 1. The smallest absolute Gasteiger partial charge is 0.311 e. The van der Waals surface area contributed by atoms with E-state index in [1.54, 1.807) is 41.7 Å². The van der Waals surface area contributed by atoms with Crippen molar-refractivity contribution in [3.63, 3.8) is 0 Å². The van der Waals surface area contributed by atoms with Gasteiger partial charge in [0.25, 0.3) is 0 Å². The highest BCUT2D eigenvalue weighted by atomic mass is 16.7. The van der Waals surface area contributed by atoms with Crippen molar-refractivity contribution in [2.45, 2.75) is 181 Å². The minimum absolute atomic E-state index is 0.0364. The Kier molecular flexibility index (Phi) is 15.7. The minimum Gasteiger partial charge on any atom is -0.462 e. The molecule has 0 aromatic carbocycles. The number of rotatable bonds is 8. The third-order valence-electron chi connectivity index (χ3n) is 11.8. The van der Waals surface area contributed by atoms with Crippen LogP contribution >= 0.6 is 0 Å². The largest absolute Gasteiger partial charge is 0.462 e. The summed E-state index contributed by atoms with van der Waals surface area (Å²) in [4.78, 5) is 42.4. The number of aliphatic hydroxyl groups is 2. The molecule has 0 unspecified atom stereocenters. The van der Waals surface area contributed by atoms with E-state index in [1.807, 2.05) is 53.6 Å². The van der Waals surface area contributed by atoms with Gasteiger partial charge in [-0.2, -0.15) is 0 Å². The number of hydrogen-bond donors (Lipinski definition) is 2. The second-order valence-corrected chi connectivity index (χ2v) is 16.8. The Morgan fingerprint density at radius 1 is 0.904 bits per heavy atom. The van der Waals surface area contributed by atoms with Crippen molar-refractivity contribution >= 4 is 17.7 Å². The van der Waals surface area contributed by atoms with Gasteiger partial charge in [0.05, 0.1) is 53.7 Å². The quantitative estimate of drug-likeness (QED) is 0.340. The van der Waals surface area contributed by atoms with Gasteiger partial charge in [-0.25, -0.2) is 0 Å². The molecule has 0 radical (unpaired) electrons. The minimum atomic E-state index is -1.72. The molecule has 17 atom stereocenters. The van der Waals surface area contributed by atoms with Crippen molar-refractivity contribution < 1.29 is 57.8 Å². The normalized spacial score (nSPS) is 46.0. The first-order valence-electron chi connectivity index (χ1n) is 19.2. The lowest BCUT2D eigenvalue weighted by Crippen LogP contribution is -2.60. The first-order chi connectivity index (χ1) is 24.0. The van der Waals surface area contributed by atoms with E-state index in [0.717, 1.165) is 0 Å². The van der Waals surface area contributed by atoms with Crippen LogP contribution in [-0.2, 0) is 47.5 Å². The Morgan fingerprint density at radius 3 is 2.10 bits per heavy atom. The molecule has 3 fully saturated rings. The van der Waals surface area contributed by atoms with E-state index < -0.39 is 95.8 Å². The molecule has 3 aliphatic heterocycles. The molecule has 13 heteroatoms. The Labute approximate surface area is 311 Å². The van der Waals surface area contributed by atoms with Gasteiger partial charge in [0.1, 0.15) is 11.9 Å². The van der Waals surface area contributed by atoms with Gasteiger partial charge in [-0.1, -0.05) is 34.6 Å². The number of ketones is 1. The summed E-state index contributed by atoms with van der Waals surface area (Å²) in [5, 5.41) is 23.9. The average Bonchev–Trinajstić information content (AvgIpc) is 3.05. The number of methoxy groups -OCH3 is 1. The summed E-state index contributed by atoms with van der Waals surface area (Å²) in [5.74, 6) is -4.96. The van der Waals surface area contributed by atoms with E-state index in [1.165, 1.54) is 6.92 Å². The van der Waals surface area contributed by atoms with Crippen molar-refractivity contribution in [1.82, 2.24) is 4.90 Å². The van der Waals surface area contributed by atoms with Gasteiger partial charge < -0.3 is 48.3 Å². The van der Waals surface area contributed by atoms with Gasteiger partial charge >= 0.3 is 11.9 Å². The summed E-state index contributed by atoms with van der Waals surface area (Å²) in [5.41, 5.74) is -2.26. The standard InChI is InChI=1S/C39H69NO12/c1-15-29-23(5)32(43)24(6)31(42)20(2)17-39(11,45)35(52-37-34(49-27(9)41)28(40(12)13)16-21(3)48-37)25(7)33(26(8)36(44)50-29)51-30-19-38(10,46-14)18-22(4)47-30/h20-26,28-30,32-35,37,43,45H,15-19H2,1-14H3/t20-,21-,22+,23+,24-,25-,26-,28+,29+,30+,32+,33+,34-,35-,37+,38+,39-/m1/s1. The summed E-state index contributed by atoms with van der Waals surface area (Å²) in [6.45, 7) is 19.4. The molecule has 0 amide bonds. The van der Waals surface area contributed by atoms with E-state index in [0.29, 0.717) is 25.7 Å². The number of likely N-dealkylation sites (N-methyl/N-ethyl adjacent to an activating group) is 1. The number of nitrogens with zero attached hydrogens (tertiary/aromatic N) is 1. The lowest BCUT2D eigenvalue weighted by atomic mass is 9.74. The topological polar surface area (TPSA) is 160 Å². The van der Waals surface area contributed by atoms with Gasteiger partial charge in [0.2, 0.25) is 0 Å². The fraction of sp³-hybridized carbons (Fsp3) is 0.923. The van der Waals surface area contributed by atoms with Crippen LogP contribution in [0.2, 0.25) is 0 Å². The first kappa shape index (κ1) is 44.7. The number of carbonyl (C=O) groups is 3. The van der Waals surface area contributed by atoms with Crippen molar-refractivity contribution in [3.8, 4) is 0 Å². The second kappa shape index (κ2) is 18.3. The molecule has 302 valence electrons. The molecule has 3 saturated heterocycles. The Bertz CT molecular complexity index is 1200. The lowest BCUT2D eigenvalue weighted by Gasteiger charge is -2.48. The van der Waals surface area contributed by atoms with Crippen LogP contribution in [0.1, 0.15) is 108 Å². The van der Waals surface area contributed by atoms with Crippen molar-refractivity contribution in [2.75, 3.05) is 21.2 Å². The molecule has 3 heterocycles. The average molecular weight is 744 g/mol. The highest BCUT2D eigenvalue weighted by molar-refractivity contribution is 5.83. The summed E-state index contributed by atoms with van der Waals surface area (Å²) >= 11 is 0. The van der Waals surface area contributed by atoms with Gasteiger partial charge in [0.15, 0.2) is 18.7 Å². The molecule has 0 aromatic heterocycles. The fourth-order valence-corrected chi connectivity index (χ4v) is 8.71. The van der Waals surface area contributed by atoms with Gasteiger partial charge in [-0.15, -0.1) is 0 Å². The summed E-state index contributed by atoms with van der Waals surface area (Å²) in [6, 6.07) is -0.267. The van der Waals surface area contributed by atoms with Crippen molar-refractivity contribution in [2.24, 2.45) is 29.6 Å². The molecule has 0 saturated carbocycles. The fourth-order valence-electron chi connectivity index (χ4n) is 8.71. The highest BCUT2D eigenvalue weighted by Gasteiger charge is 2.52. The predicted molar refractivity (Wildman–Crippen MR) is 193 cm³/mol. The van der Waals surface area contributed by atoms with Crippen LogP contribution in [0, 0.1) is 29.6 Å². The Hall–Kier alpha value is -1.71.